The van der Waals surface area contributed by atoms with Gasteiger partial charge in [0.2, 0.25) is 0 Å². The predicted octanol–water partition coefficient (Wildman–Crippen LogP) is 1.90. The summed E-state index contributed by atoms with van der Waals surface area (Å²) in [7, 11) is 0. The van der Waals surface area contributed by atoms with E-state index in [0.717, 1.165) is 35.0 Å². The Morgan fingerprint density at radius 1 is 1.36 bits per heavy atom. The molecule has 0 atom stereocenters. The summed E-state index contributed by atoms with van der Waals surface area (Å²) < 4.78 is 0. The molecule has 2 aromatic rings. The van der Waals surface area contributed by atoms with Crippen molar-refractivity contribution in [2.75, 3.05) is 13.1 Å². The maximum atomic E-state index is 6.04. The molecule has 3 rings (SSSR count). The second kappa shape index (κ2) is 2.97. The number of nitrogens with one attached hydrogen (secondary N) is 2. The van der Waals surface area contributed by atoms with Gasteiger partial charge in [0.05, 0.1) is 10.5 Å². The number of nitrogens with zero attached hydrogens (tertiary/aromatic N) is 1. The summed E-state index contributed by atoms with van der Waals surface area (Å²) in [5, 5.41) is 3.95. The van der Waals surface area contributed by atoms with E-state index in [-0.39, 0.29) is 0 Å². The van der Waals surface area contributed by atoms with Gasteiger partial charge in [0.1, 0.15) is 11.3 Å². The van der Waals surface area contributed by atoms with Crippen molar-refractivity contribution in [1.29, 1.82) is 0 Å². The molecule has 1 fully saturated rings. The summed E-state index contributed by atoms with van der Waals surface area (Å²) in [5.74, 6) is 1.57. The van der Waals surface area contributed by atoms with Crippen LogP contribution in [0.3, 0.4) is 0 Å². The van der Waals surface area contributed by atoms with Crippen molar-refractivity contribution in [1.82, 2.24) is 15.3 Å². The lowest BCUT2D eigenvalue weighted by Crippen LogP contribution is -2.40. The molecule has 0 saturated carbocycles. The monoisotopic (exact) mass is 207 g/mol. The zero-order valence-corrected chi connectivity index (χ0v) is 8.30. The van der Waals surface area contributed by atoms with Crippen LogP contribution in [0.15, 0.2) is 18.2 Å². The van der Waals surface area contributed by atoms with E-state index in [0.29, 0.717) is 5.92 Å². The summed E-state index contributed by atoms with van der Waals surface area (Å²) in [4.78, 5) is 7.81. The maximum absolute atomic E-state index is 6.04. The zero-order chi connectivity index (χ0) is 9.54. The van der Waals surface area contributed by atoms with Crippen LogP contribution >= 0.6 is 11.6 Å². The molecule has 2 N–H and O–H groups in total. The third-order valence-electron chi connectivity index (χ3n) is 2.65. The first-order valence-electron chi connectivity index (χ1n) is 4.69. The average Bonchev–Trinajstić information content (AvgIpc) is 2.46. The van der Waals surface area contributed by atoms with Gasteiger partial charge in [-0.2, -0.15) is 0 Å². The van der Waals surface area contributed by atoms with Crippen LogP contribution in [0.5, 0.6) is 0 Å². The van der Waals surface area contributed by atoms with Crippen LogP contribution in [-0.2, 0) is 0 Å². The minimum atomic E-state index is 0.526. The van der Waals surface area contributed by atoms with Crippen LogP contribution in [-0.4, -0.2) is 23.1 Å². The minimum absolute atomic E-state index is 0.526. The number of aromatic amines is 1. The topological polar surface area (TPSA) is 40.7 Å². The van der Waals surface area contributed by atoms with Crippen LogP contribution in [0.2, 0.25) is 5.02 Å². The number of benzene rings is 1. The lowest BCUT2D eigenvalue weighted by Gasteiger charge is -2.24. The summed E-state index contributed by atoms with van der Waals surface area (Å²) in [6, 6.07) is 5.81. The van der Waals surface area contributed by atoms with Crippen molar-refractivity contribution in [2.24, 2.45) is 0 Å². The Hall–Kier alpha value is -1.06. The standard InChI is InChI=1S/C10H10ClN3/c11-7-2-1-3-8-9(7)14-10(13-8)6-4-12-5-6/h1-3,6,12H,4-5H2,(H,13,14). The molecule has 1 aromatic heterocycles. The number of hydrogen-bond acceptors (Lipinski definition) is 2. The first-order chi connectivity index (χ1) is 6.84. The normalized spacial score (nSPS) is 17.2. The van der Waals surface area contributed by atoms with Gasteiger partial charge in [-0.15, -0.1) is 0 Å². The maximum Gasteiger partial charge on any atom is 0.112 e. The molecule has 1 aromatic carbocycles. The van der Waals surface area contributed by atoms with Gasteiger partial charge in [0.15, 0.2) is 0 Å². The zero-order valence-electron chi connectivity index (χ0n) is 7.55. The van der Waals surface area contributed by atoms with Gasteiger partial charge in [-0.05, 0) is 12.1 Å². The number of fused-ring (bicyclic) bond motifs is 1. The summed E-state index contributed by atoms with van der Waals surface area (Å²) in [6.07, 6.45) is 0. The molecule has 0 radical (unpaired) electrons. The van der Waals surface area contributed by atoms with Crippen molar-refractivity contribution in [3.63, 3.8) is 0 Å². The molecule has 0 amide bonds. The second-order valence-electron chi connectivity index (χ2n) is 3.61. The Balaban J connectivity index is 2.15. The molecule has 1 aliphatic heterocycles. The Labute approximate surface area is 86.5 Å². The smallest absolute Gasteiger partial charge is 0.112 e. The molecule has 0 bridgehead atoms. The molecule has 14 heavy (non-hydrogen) atoms. The van der Waals surface area contributed by atoms with Crippen molar-refractivity contribution in [3.05, 3.63) is 29.0 Å². The Morgan fingerprint density at radius 3 is 2.86 bits per heavy atom. The highest BCUT2D eigenvalue weighted by Crippen LogP contribution is 2.25. The molecule has 1 saturated heterocycles. The minimum Gasteiger partial charge on any atom is -0.342 e. The van der Waals surface area contributed by atoms with Crippen LogP contribution in [0.25, 0.3) is 11.0 Å². The van der Waals surface area contributed by atoms with E-state index in [1.807, 2.05) is 18.2 Å². The van der Waals surface area contributed by atoms with Crippen LogP contribution < -0.4 is 5.32 Å². The molecule has 0 unspecified atom stereocenters. The average molecular weight is 208 g/mol. The predicted molar refractivity (Wildman–Crippen MR) is 56.7 cm³/mol. The van der Waals surface area contributed by atoms with Gasteiger partial charge in [0.25, 0.3) is 0 Å². The fourth-order valence-corrected chi connectivity index (χ4v) is 1.91. The SMILES string of the molecule is Clc1cccc2[nH]c(C3CNC3)nc12. The number of H-pyrrole nitrogens is 1. The van der Waals surface area contributed by atoms with E-state index in [1.165, 1.54) is 0 Å². The van der Waals surface area contributed by atoms with Gasteiger partial charge in [-0.25, -0.2) is 4.98 Å². The van der Waals surface area contributed by atoms with Crippen LogP contribution in [0.4, 0.5) is 0 Å². The fraction of sp³-hybridized carbons (Fsp3) is 0.300. The van der Waals surface area contributed by atoms with E-state index in [1.54, 1.807) is 0 Å². The highest BCUT2D eigenvalue weighted by atomic mass is 35.5. The molecule has 2 heterocycles. The van der Waals surface area contributed by atoms with Gasteiger partial charge in [-0.3, -0.25) is 0 Å². The number of halogens is 1. The van der Waals surface area contributed by atoms with Crippen molar-refractivity contribution in [2.45, 2.75) is 5.92 Å². The number of imidazole rings is 1. The number of aromatic nitrogens is 2. The molecule has 0 aliphatic carbocycles. The van der Waals surface area contributed by atoms with Crippen LogP contribution in [0.1, 0.15) is 11.7 Å². The van der Waals surface area contributed by atoms with Crippen molar-refractivity contribution in [3.8, 4) is 0 Å². The van der Waals surface area contributed by atoms with Crippen molar-refractivity contribution < 1.29 is 0 Å². The number of hydrogen-bond donors (Lipinski definition) is 2. The van der Waals surface area contributed by atoms with E-state index in [2.05, 4.69) is 15.3 Å². The van der Waals surface area contributed by atoms with E-state index < -0.39 is 0 Å². The molecular formula is C10H10ClN3. The Morgan fingerprint density at radius 2 is 2.21 bits per heavy atom. The summed E-state index contributed by atoms with van der Waals surface area (Å²) in [6.45, 7) is 2.02. The second-order valence-corrected chi connectivity index (χ2v) is 4.02. The van der Waals surface area contributed by atoms with Crippen LogP contribution in [0, 0.1) is 0 Å². The first kappa shape index (κ1) is 8.26. The van der Waals surface area contributed by atoms with E-state index >= 15 is 0 Å². The molecule has 0 spiro atoms. The fourth-order valence-electron chi connectivity index (χ4n) is 1.69. The summed E-state index contributed by atoms with van der Waals surface area (Å²) in [5.41, 5.74) is 1.91. The molecule has 3 nitrogen and oxygen atoms in total. The molecule has 4 heteroatoms. The molecular weight excluding hydrogens is 198 g/mol. The summed E-state index contributed by atoms with van der Waals surface area (Å²) >= 11 is 6.04. The third kappa shape index (κ3) is 1.13. The number of para-hydroxylation sites is 1. The Bertz CT molecular complexity index is 473. The van der Waals surface area contributed by atoms with Gasteiger partial charge in [-0.1, -0.05) is 17.7 Å². The molecule has 72 valence electrons. The number of rotatable bonds is 1. The largest absolute Gasteiger partial charge is 0.342 e. The first-order valence-corrected chi connectivity index (χ1v) is 5.07. The lowest BCUT2D eigenvalue weighted by atomic mass is 10.0. The highest BCUT2D eigenvalue weighted by molar-refractivity contribution is 6.34. The Kier molecular flexibility index (Phi) is 1.75. The highest BCUT2D eigenvalue weighted by Gasteiger charge is 2.22. The lowest BCUT2D eigenvalue weighted by molar-refractivity contribution is 0.433. The van der Waals surface area contributed by atoms with Crippen molar-refractivity contribution >= 4 is 22.6 Å². The molecule has 1 aliphatic rings. The quantitative estimate of drug-likeness (QED) is 0.750. The van der Waals surface area contributed by atoms with E-state index in [9.17, 15) is 0 Å². The van der Waals surface area contributed by atoms with Gasteiger partial charge in [0, 0.05) is 19.0 Å². The van der Waals surface area contributed by atoms with Gasteiger partial charge >= 0.3 is 0 Å². The van der Waals surface area contributed by atoms with Gasteiger partial charge < -0.3 is 10.3 Å². The third-order valence-corrected chi connectivity index (χ3v) is 2.95. The van der Waals surface area contributed by atoms with E-state index in [4.69, 9.17) is 11.6 Å².